The summed E-state index contributed by atoms with van der Waals surface area (Å²) in [7, 11) is 0. The van der Waals surface area contributed by atoms with Crippen LogP contribution in [0.4, 0.5) is 5.69 Å². The Morgan fingerprint density at radius 2 is 2.10 bits per heavy atom. The molecule has 1 saturated heterocycles. The normalized spacial score (nSPS) is 20.6. The molecule has 4 N–H and O–H groups in total. The molecule has 1 aliphatic rings. The average molecular weight is 280 g/mol. The number of nitrogen functional groups attached to an aromatic ring is 1. The number of rotatable bonds is 5. The van der Waals surface area contributed by atoms with Gasteiger partial charge in [0.05, 0.1) is 5.60 Å². The molecule has 1 heterocycles. The molecule has 0 spiro atoms. The molecule has 20 heavy (non-hydrogen) atoms. The minimum absolute atomic E-state index is 0.246. The zero-order valence-corrected chi connectivity index (χ0v) is 12.0. The predicted octanol–water partition coefficient (Wildman–Crippen LogP) is 0.855. The summed E-state index contributed by atoms with van der Waals surface area (Å²) >= 11 is 0. The number of hydrogen-bond donors (Lipinski definition) is 3. The largest absolute Gasteiger partial charge is 0.491 e. The van der Waals surface area contributed by atoms with Gasteiger partial charge < -0.3 is 25.6 Å². The van der Waals surface area contributed by atoms with Crippen molar-refractivity contribution in [2.24, 2.45) is 0 Å². The van der Waals surface area contributed by atoms with Crippen LogP contribution in [0.5, 0.6) is 5.75 Å². The second-order valence-electron chi connectivity index (χ2n) is 5.83. The molecule has 1 fully saturated rings. The molecule has 5 nitrogen and oxygen atoms in total. The quantitative estimate of drug-likeness (QED) is 0.697. The van der Waals surface area contributed by atoms with Crippen molar-refractivity contribution in [3.63, 3.8) is 0 Å². The molecule has 0 bridgehead atoms. The van der Waals surface area contributed by atoms with Crippen molar-refractivity contribution in [3.05, 3.63) is 24.3 Å². The molecule has 1 aliphatic heterocycles. The van der Waals surface area contributed by atoms with Gasteiger partial charge in [0.25, 0.3) is 0 Å². The number of benzene rings is 1. The monoisotopic (exact) mass is 280 g/mol. The first-order valence-electron chi connectivity index (χ1n) is 7.06. The van der Waals surface area contributed by atoms with Crippen LogP contribution < -0.4 is 10.5 Å². The van der Waals surface area contributed by atoms with Crippen LogP contribution in [0.25, 0.3) is 0 Å². The van der Waals surface area contributed by atoms with Gasteiger partial charge in [0.2, 0.25) is 0 Å². The summed E-state index contributed by atoms with van der Waals surface area (Å²) in [6.45, 7) is 4.29. The number of aliphatic hydroxyl groups is 2. The van der Waals surface area contributed by atoms with Crippen molar-refractivity contribution in [2.75, 3.05) is 32.0 Å². The van der Waals surface area contributed by atoms with Crippen molar-refractivity contribution in [1.82, 2.24) is 4.90 Å². The molecule has 2 rings (SSSR count). The van der Waals surface area contributed by atoms with Gasteiger partial charge in [-0.15, -0.1) is 0 Å². The van der Waals surface area contributed by atoms with Gasteiger partial charge in [-0.1, -0.05) is 6.07 Å². The molecule has 0 saturated carbocycles. The highest BCUT2D eigenvalue weighted by Crippen LogP contribution is 2.21. The molecule has 1 aromatic rings. The van der Waals surface area contributed by atoms with E-state index in [1.165, 1.54) is 0 Å². The van der Waals surface area contributed by atoms with E-state index in [2.05, 4.69) is 4.90 Å². The summed E-state index contributed by atoms with van der Waals surface area (Å²) in [4.78, 5) is 2.16. The molecule has 0 radical (unpaired) electrons. The van der Waals surface area contributed by atoms with E-state index in [1.807, 2.05) is 19.1 Å². The van der Waals surface area contributed by atoms with Gasteiger partial charge in [-0.2, -0.15) is 0 Å². The van der Waals surface area contributed by atoms with Gasteiger partial charge in [0, 0.05) is 31.4 Å². The minimum atomic E-state index is -0.556. The highest BCUT2D eigenvalue weighted by molar-refractivity contribution is 5.43. The highest BCUT2D eigenvalue weighted by atomic mass is 16.5. The van der Waals surface area contributed by atoms with Crippen LogP contribution in [0.3, 0.4) is 0 Å². The van der Waals surface area contributed by atoms with E-state index in [1.54, 1.807) is 12.1 Å². The lowest BCUT2D eigenvalue weighted by atomic mass is 9.94. The third-order valence-electron chi connectivity index (χ3n) is 3.70. The molecule has 112 valence electrons. The summed E-state index contributed by atoms with van der Waals surface area (Å²) in [6.07, 6.45) is 0.950. The number of nitrogens with two attached hydrogens (primary N) is 1. The van der Waals surface area contributed by atoms with Crippen molar-refractivity contribution in [1.29, 1.82) is 0 Å². The van der Waals surface area contributed by atoms with Gasteiger partial charge in [0.1, 0.15) is 18.5 Å². The lowest BCUT2D eigenvalue weighted by Crippen LogP contribution is -2.45. The Hall–Kier alpha value is -1.30. The van der Waals surface area contributed by atoms with Crippen molar-refractivity contribution < 1.29 is 14.9 Å². The molecular formula is C15H24N2O3. The van der Waals surface area contributed by atoms with Crippen LogP contribution >= 0.6 is 0 Å². The summed E-state index contributed by atoms with van der Waals surface area (Å²) in [5.41, 5.74) is 5.76. The van der Waals surface area contributed by atoms with E-state index in [0.29, 0.717) is 18.0 Å². The topological polar surface area (TPSA) is 79.0 Å². The van der Waals surface area contributed by atoms with Crippen LogP contribution in [0, 0.1) is 0 Å². The molecule has 1 aromatic carbocycles. The molecule has 0 aromatic heterocycles. The smallest absolute Gasteiger partial charge is 0.121 e. The number of likely N-dealkylation sites (tertiary alicyclic amines) is 1. The molecule has 0 aliphatic carbocycles. The first-order valence-corrected chi connectivity index (χ1v) is 7.06. The standard InChI is InChI=1S/C15H24N2O3/c1-15(19)5-7-17(8-6-15)10-13(18)11-20-14-4-2-3-12(16)9-14/h2-4,9,13,18-19H,5-8,10-11,16H2,1H3. The maximum atomic E-state index is 10.0. The molecular weight excluding hydrogens is 256 g/mol. The second kappa shape index (κ2) is 6.43. The molecule has 1 atom stereocenters. The lowest BCUT2D eigenvalue weighted by Gasteiger charge is -2.36. The Morgan fingerprint density at radius 1 is 1.40 bits per heavy atom. The SMILES string of the molecule is CC1(O)CCN(CC(O)COc2cccc(N)c2)CC1. The number of anilines is 1. The third-order valence-corrected chi connectivity index (χ3v) is 3.70. The molecule has 0 amide bonds. The van der Waals surface area contributed by atoms with Crippen LogP contribution in [0.1, 0.15) is 19.8 Å². The van der Waals surface area contributed by atoms with Crippen LogP contribution in [0.2, 0.25) is 0 Å². The van der Waals surface area contributed by atoms with Crippen molar-refractivity contribution >= 4 is 5.69 Å². The summed E-state index contributed by atoms with van der Waals surface area (Å²) in [5.74, 6) is 0.672. The van der Waals surface area contributed by atoms with Gasteiger partial charge in [0.15, 0.2) is 0 Å². The first-order chi connectivity index (χ1) is 9.44. The van der Waals surface area contributed by atoms with Crippen LogP contribution in [-0.4, -0.2) is 53.1 Å². The molecule has 5 heteroatoms. The minimum Gasteiger partial charge on any atom is -0.491 e. The number of piperidine rings is 1. The van der Waals surface area contributed by atoms with Crippen molar-refractivity contribution in [2.45, 2.75) is 31.5 Å². The number of aliphatic hydroxyl groups excluding tert-OH is 1. The van der Waals surface area contributed by atoms with Crippen LogP contribution in [0.15, 0.2) is 24.3 Å². The Bertz CT molecular complexity index is 427. The third kappa shape index (κ3) is 4.67. The van der Waals surface area contributed by atoms with E-state index in [4.69, 9.17) is 10.5 Å². The maximum Gasteiger partial charge on any atom is 0.121 e. The van der Waals surface area contributed by atoms with E-state index in [-0.39, 0.29) is 6.61 Å². The van der Waals surface area contributed by atoms with E-state index >= 15 is 0 Å². The van der Waals surface area contributed by atoms with Gasteiger partial charge in [-0.25, -0.2) is 0 Å². The average Bonchev–Trinajstić information content (AvgIpc) is 2.39. The highest BCUT2D eigenvalue weighted by Gasteiger charge is 2.28. The van der Waals surface area contributed by atoms with E-state index in [0.717, 1.165) is 25.9 Å². The zero-order valence-electron chi connectivity index (χ0n) is 12.0. The Balaban J connectivity index is 1.72. The van der Waals surface area contributed by atoms with Crippen LogP contribution in [-0.2, 0) is 0 Å². The lowest BCUT2D eigenvalue weighted by molar-refractivity contribution is -0.0201. The van der Waals surface area contributed by atoms with Gasteiger partial charge in [-0.05, 0) is 31.9 Å². The van der Waals surface area contributed by atoms with Gasteiger partial charge in [-0.3, -0.25) is 0 Å². The summed E-state index contributed by atoms with van der Waals surface area (Å²) < 4.78 is 5.53. The fraction of sp³-hybridized carbons (Fsp3) is 0.600. The number of nitrogens with zero attached hydrogens (tertiary/aromatic N) is 1. The fourth-order valence-electron chi connectivity index (χ4n) is 2.36. The number of hydrogen-bond acceptors (Lipinski definition) is 5. The number of β-amino-alcohol motifs (C(OH)–C–C–N with tert-alkyl or cyclic N) is 1. The Morgan fingerprint density at radius 3 is 2.75 bits per heavy atom. The second-order valence-corrected chi connectivity index (χ2v) is 5.83. The van der Waals surface area contributed by atoms with Gasteiger partial charge >= 0.3 is 0 Å². The Kier molecular flexibility index (Phi) is 4.86. The predicted molar refractivity (Wildman–Crippen MR) is 78.7 cm³/mol. The number of ether oxygens (including phenoxy) is 1. The first kappa shape index (κ1) is 15.1. The summed E-state index contributed by atoms with van der Waals surface area (Å²) in [6, 6.07) is 7.18. The fourth-order valence-corrected chi connectivity index (χ4v) is 2.36. The maximum absolute atomic E-state index is 10.0. The Labute approximate surface area is 120 Å². The van der Waals surface area contributed by atoms with E-state index < -0.39 is 11.7 Å². The summed E-state index contributed by atoms with van der Waals surface area (Å²) in [5, 5.41) is 19.9. The van der Waals surface area contributed by atoms with E-state index in [9.17, 15) is 10.2 Å². The molecule has 1 unspecified atom stereocenters. The zero-order chi connectivity index (χ0) is 14.6. The van der Waals surface area contributed by atoms with Crippen molar-refractivity contribution in [3.8, 4) is 5.75 Å².